The van der Waals surface area contributed by atoms with Gasteiger partial charge in [0.05, 0.1) is 6.42 Å². The second-order valence-corrected chi connectivity index (χ2v) is 13.9. The number of para-hydroxylation sites is 1. The van der Waals surface area contributed by atoms with E-state index in [1.807, 2.05) is 30.4 Å². The maximum Gasteiger partial charge on any atom is 0.330 e. The Morgan fingerprint density at radius 1 is 1.04 bits per heavy atom. The van der Waals surface area contributed by atoms with Gasteiger partial charge in [0.25, 0.3) is 5.91 Å². The molecule has 5 rings (SSSR count). The van der Waals surface area contributed by atoms with Crippen LogP contribution in [0.25, 0.3) is 0 Å². The number of nitrogens with one attached hydrogen (secondary N) is 1. The number of hydrogen-bond donors (Lipinski definition) is 2. The lowest BCUT2D eigenvalue weighted by Crippen LogP contribution is -2.56. The van der Waals surface area contributed by atoms with Gasteiger partial charge in [-0.2, -0.15) is 0 Å². The summed E-state index contributed by atoms with van der Waals surface area (Å²) < 4.78 is 11.2. The molecule has 0 spiro atoms. The predicted octanol–water partition coefficient (Wildman–Crippen LogP) is 3.18. The third kappa shape index (κ3) is 7.50. The van der Waals surface area contributed by atoms with Crippen LogP contribution in [0, 0.1) is 23.7 Å². The zero-order valence-electron chi connectivity index (χ0n) is 26.4. The molecule has 0 aromatic heterocycles. The van der Waals surface area contributed by atoms with Crippen LogP contribution < -0.4 is 10.1 Å². The van der Waals surface area contributed by atoms with Gasteiger partial charge in [-0.05, 0) is 58.6 Å². The minimum absolute atomic E-state index is 0.0985. The lowest BCUT2D eigenvalue weighted by Gasteiger charge is -2.32. The number of aliphatic carboxylic acids is 1. The fourth-order valence-corrected chi connectivity index (χ4v) is 7.04. The number of nitrogens with zero attached hydrogens (tertiary/aromatic N) is 2. The molecule has 11 heteroatoms. The lowest BCUT2D eigenvalue weighted by atomic mass is 9.92. The number of amides is 3. The highest BCUT2D eigenvalue weighted by Crippen LogP contribution is 2.46. The fourth-order valence-electron chi connectivity index (χ4n) is 7.04. The monoisotopic (exact) mass is 623 g/mol. The van der Waals surface area contributed by atoms with Crippen molar-refractivity contribution in [3.8, 4) is 5.75 Å². The Bertz CT molecular complexity index is 1320. The van der Waals surface area contributed by atoms with Crippen molar-refractivity contribution in [3.05, 3.63) is 42.5 Å². The topological polar surface area (TPSA) is 143 Å². The van der Waals surface area contributed by atoms with Gasteiger partial charge in [0, 0.05) is 43.3 Å². The van der Waals surface area contributed by atoms with E-state index in [0.29, 0.717) is 18.7 Å². The molecule has 4 aliphatic rings. The first kappa shape index (κ1) is 32.5. The minimum atomic E-state index is -1.42. The normalized spacial score (nSPS) is 31.0. The van der Waals surface area contributed by atoms with Gasteiger partial charge in [-0.3, -0.25) is 19.2 Å². The van der Waals surface area contributed by atoms with Crippen molar-refractivity contribution in [3.63, 3.8) is 0 Å². The maximum atomic E-state index is 14.2. The molecule has 6 atom stereocenters. The number of carboxylic acids is 1. The van der Waals surface area contributed by atoms with Crippen LogP contribution in [0.1, 0.15) is 65.7 Å². The SMILES string of the molecule is CC(C)(C)OC(=O)C[C@@H]1CCCCC/C=C\[C@@H]2C[C@@]2(C(=O)O)NC(=O)[C@@H]2[C@H]3CN(C(=O)COc4ccccc4)C[C@H]3CN2C1=O. The molecule has 244 valence electrons. The Kier molecular flexibility index (Phi) is 9.55. The van der Waals surface area contributed by atoms with Crippen molar-refractivity contribution >= 4 is 29.7 Å². The summed E-state index contributed by atoms with van der Waals surface area (Å²) in [5.41, 5.74) is -2.13. The van der Waals surface area contributed by atoms with E-state index < -0.39 is 40.9 Å². The standard InChI is InChI=1S/C34H45N3O8/c1-33(2,3)45-28(39)16-22-12-8-5-4-6-9-13-24-17-34(24,32(42)43)35-30(40)29-26-20-36(18-23(26)19-37(29)31(22)41)27(38)21-44-25-14-10-7-11-15-25/h7,9-11,13-15,22-24,26,29H,4-6,8,12,16-21H2,1-3H3,(H,35,40)(H,42,43)/b13-9-/t22-,23-,24+,26-,29-,34+/m0/s1. The highest BCUT2D eigenvalue weighted by atomic mass is 16.6. The number of carbonyl (C=O) groups excluding carboxylic acids is 4. The fraction of sp³-hybridized carbons (Fsp3) is 0.618. The number of allylic oxidation sites excluding steroid dienone is 1. The summed E-state index contributed by atoms with van der Waals surface area (Å²) in [5.74, 6) is -3.62. The van der Waals surface area contributed by atoms with Crippen LogP contribution in [0.2, 0.25) is 0 Å². The number of carboxylic acid groups (broad SMARTS) is 1. The van der Waals surface area contributed by atoms with Gasteiger partial charge in [0.15, 0.2) is 6.61 Å². The molecule has 1 aromatic carbocycles. The van der Waals surface area contributed by atoms with Crippen LogP contribution in [0.5, 0.6) is 5.75 Å². The molecule has 11 nitrogen and oxygen atoms in total. The van der Waals surface area contributed by atoms with E-state index in [0.717, 1.165) is 25.7 Å². The van der Waals surface area contributed by atoms with Gasteiger partial charge in [0.1, 0.15) is 22.9 Å². The summed E-state index contributed by atoms with van der Waals surface area (Å²) in [6, 6.07) is 8.06. The summed E-state index contributed by atoms with van der Waals surface area (Å²) in [6.07, 6.45) is 7.73. The van der Waals surface area contributed by atoms with E-state index in [2.05, 4.69) is 5.32 Å². The number of fused-ring (bicyclic) bond motifs is 4. The lowest BCUT2D eigenvalue weighted by molar-refractivity contribution is -0.159. The van der Waals surface area contributed by atoms with E-state index in [1.54, 1.807) is 42.7 Å². The van der Waals surface area contributed by atoms with E-state index >= 15 is 0 Å². The van der Waals surface area contributed by atoms with E-state index in [4.69, 9.17) is 9.47 Å². The van der Waals surface area contributed by atoms with Crippen molar-refractivity contribution in [1.82, 2.24) is 15.1 Å². The molecule has 1 aliphatic carbocycles. The Morgan fingerprint density at radius 3 is 2.51 bits per heavy atom. The molecule has 0 radical (unpaired) electrons. The molecular formula is C34H45N3O8. The number of benzene rings is 1. The van der Waals surface area contributed by atoms with Gasteiger partial charge in [-0.15, -0.1) is 0 Å². The van der Waals surface area contributed by atoms with E-state index in [-0.39, 0.29) is 62.1 Å². The number of carbonyl (C=O) groups is 5. The Hall–Kier alpha value is -3.89. The molecule has 3 aliphatic heterocycles. The maximum absolute atomic E-state index is 14.2. The Morgan fingerprint density at radius 2 is 1.80 bits per heavy atom. The molecule has 3 amide bonds. The number of rotatable bonds is 6. The number of likely N-dealkylation sites (tertiary alicyclic amines) is 1. The van der Waals surface area contributed by atoms with Crippen LogP contribution in [0.3, 0.4) is 0 Å². The van der Waals surface area contributed by atoms with Crippen molar-refractivity contribution in [2.24, 2.45) is 23.7 Å². The van der Waals surface area contributed by atoms with Crippen molar-refractivity contribution in [2.45, 2.75) is 82.9 Å². The number of ether oxygens (including phenoxy) is 2. The number of hydrogen-bond acceptors (Lipinski definition) is 7. The van der Waals surface area contributed by atoms with E-state index in [9.17, 15) is 29.1 Å². The molecule has 1 aromatic rings. The number of esters is 1. The largest absolute Gasteiger partial charge is 0.484 e. The first-order chi connectivity index (χ1) is 21.4. The highest BCUT2D eigenvalue weighted by molar-refractivity contribution is 5.96. The van der Waals surface area contributed by atoms with Crippen molar-refractivity contribution < 1.29 is 38.6 Å². The summed E-state index contributed by atoms with van der Waals surface area (Å²) in [4.78, 5) is 69.9. The molecule has 2 saturated heterocycles. The first-order valence-electron chi connectivity index (χ1n) is 16.1. The van der Waals surface area contributed by atoms with E-state index in [1.165, 1.54) is 0 Å². The zero-order valence-corrected chi connectivity index (χ0v) is 26.4. The van der Waals surface area contributed by atoms with Crippen LogP contribution in [0.4, 0.5) is 0 Å². The van der Waals surface area contributed by atoms with Gasteiger partial charge >= 0.3 is 11.9 Å². The van der Waals surface area contributed by atoms with Gasteiger partial charge < -0.3 is 29.7 Å². The van der Waals surface area contributed by atoms with Crippen LogP contribution in [0.15, 0.2) is 42.5 Å². The molecule has 2 N–H and O–H groups in total. The summed E-state index contributed by atoms with van der Waals surface area (Å²) in [6.45, 7) is 6.00. The van der Waals surface area contributed by atoms with Gasteiger partial charge in [0.2, 0.25) is 11.8 Å². The average Bonchev–Trinajstić information content (AvgIpc) is 3.33. The summed E-state index contributed by atoms with van der Waals surface area (Å²) >= 11 is 0. The summed E-state index contributed by atoms with van der Waals surface area (Å²) in [7, 11) is 0. The second-order valence-electron chi connectivity index (χ2n) is 13.9. The first-order valence-corrected chi connectivity index (χ1v) is 16.1. The molecule has 0 bridgehead atoms. The van der Waals surface area contributed by atoms with Gasteiger partial charge in [-0.1, -0.05) is 43.2 Å². The minimum Gasteiger partial charge on any atom is -0.484 e. The van der Waals surface area contributed by atoms with Crippen LogP contribution in [-0.2, 0) is 28.7 Å². The molecule has 1 saturated carbocycles. The van der Waals surface area contributed by atoms with Crippen molar-refractivity contribution in [2.75, 3.05) is 26.2 Å². The zero-order chi connectivity index (χ0) is 32.4. The van der Waals surface area contributed by atoms with Crippen LogP contribution in [-0.4, -0.2) is 88.0 Å². The Labute approximate surface area is 264 Å². The van der Waals surface area contributed by atoms with Gasteiger partial charge in [-0.25, -0.2) is 4.79 Å². The third-order valence-electron chi connectivity index (χ3n) is 9.39. The quantitative estimate of drug-likeness (QED) is 0.364. The van der Waals surface area contributed by atoms with Crippen LogP contribution >= 0.6 is 0 Å². The second kappa shape index (κ2) is 13.2. The molecule has 3 fully saturated rings. The third-order valence-corrected chi connectivity index (χ3v) is 9.39. The highest BCUT2D eigenvalue weighted by Gasteiger charge is 2.62. The molecule has 3 heterocycles. The summed E-state index contributed by atoms with van der Waals surface area (Å²) in [5, 5.41) is 13.0. The molecular weight excluding hydrogens is 578 g/mol. The molecule has 45 heavy (non-hydrogen) atoms. The smallest absolute Gasteiger partial charge is 0.330 e. The Balaban J connectivity index is 1.38. The molecule has 0 unspecified atom stereocenters. The average molecular weight is 624 g/mol. The predicted molar refractivity (Wildman–Crippen MR) is 164 cm³/mol. The van der Waals surface area contributed by atoms with Crippen molar-refractivity contribution in [1.29, 1.82) is 0 Å².